The van der Waals surface area contributed by atoms with Gasteiger partial charge in [0.05, 0.1) is 11.2 Å². The van der Waals surface area contributed by atoms with Gasteiger partial charge in [-0.05, 0) is 48.4 Å². The average Bonchev–Trinajstić information content (AvgIpc) is 2.77. The number of ether oxygens (including phenoxy) is 1. The lowest BCUT2D eigenvalue weighted by atomic mass is 10.00. The van der Waals surface area contributed by atoms with Crippen molar-refractivity contribution in [1.29, 1.82) is 0 Å². The first kappa shape index (κ1) is 18.6. The quantitative estimate of drug-likeness (QED) is 0.307. The summed E-state index contributed by atoms with van der Waals surface area (Å²) in [4.78, 5) is 16.7. The van der Waals surface area contributed by atoms with Gasteiger partial charge in [-0.15, -0.1) is 0 Å². The fourth-order valence-corrected chi connectivity index (χ4v) is 3.18. The molecule has 0 atom stereocenters. The van der Waals surface area contributed by atoms with E-state index in [1.54, 1.807) is 6.92 Å². The molecule has 29 heavy (non-hydrogen) atoms. The first-order valence-electron chi connectivity index (χ1n) is 9.55. The van der Waals surface area contributed by atoms with Crippen molar-refractivity contribution in [3.8, 4) is 5.75 Å². The Hall–Kier alpha value is -3.72. The van der Waals surface area contributed by atoms with Crippen LogP contribution in [0.1, 0.15) is 23.7 Å². The van der Waals surface area contributed by atoms with E-state index in [4.69, 9.17) is 4.74 Å². The molecule has 3 aromatic carbocycles. The third-order valence-electron chi connectivity index (χ3n) is 4.70. The van der Waals surface area contributed by atoms with Crippen molar-refractivity contribution in [2.45, 2.75) is 13.5 Å². The summed E-state index contributed by atoms with van der Waals surface area (Å²) in [6, 6.07) is 29.5. The van der Waals surface area contributed by atoms with Gasteiger partial charge in [-0.2, -0.15) is 0 Å². The zero-order chi connectivity index (χ0) is 20.1. The number of aromatic nitrogens is 1. The molecule has 3 nitrogen and oxygen atoms in total. The highest BCUT2D eigenvalue weighted by molar-refractivity contribution is 6.24. The number of carbonyl (C=O) groups excluding carboxylic acids is 1. The molecule has 142 valence electrons. The Morgan fingerprint density at radius 3 is 2.34 bits per heavy atom. The first-order valence-corrected chi connectivity index (χ1v) is 9.55. The molecule has 0 unspecified atom stereocenters. The number of fused-ring (bicyclic) bond motifs is 1. The maximum absolute atomic E-state index is 12.1. The Balaban J connectivity index is 1.47. The Morgan fingerprint density at radius 2 is 1.59 bits per heavy atom. The Kier molecular flexibility index (Phi) is 5.48. The van der Waals surface area contributed by atoms with Gasteiger partial charge in [-0.25, -0.2) is 4.98 Å². The maximum atomic E-state index is 12.1. The number of para-hydroxylation sites is 1. The normalized spacial score (nSPS) is 11.4. The molecule has 0 radical (unpaired) electrons. The zero-order valence-electron chi connectivity index (χ0n) is 16.2. The van der Waals surface area contributed by atoms with Crippen LogP contribution in [0, 0.1) is 0 Å². The molecule has 0 saturated heterocycles. The lowest BCUT2D eigenvalue weighted by Gasteiger charge is -2.08. The number of ketones is 1. The lowest BCUT2D eigenvalue weighted by Crippen LogP contribution is -1.98. The molecular weight excluding hydrogens is 358 g/mol. The molecule has 0 amide bonds. The topological polar surface area (TPSA) is 39.2 Å². The summed E-state index contributed by atoms with van der Waals surface area (Å²) in [6.07, 6.45) is 1.91. The van der Waals surface area contributed by atoms with Crippen LogP contribution in [0.3, 0.4) is 0 Å². The van der Waals surface area contributed by atoms with Crippen LogP contribution in [-0.2, 0) is 11.4 Å². The predicted molar refractivity (Wildman–Crippen MR) is 118 cm³/mol. The van der Waals surface area contributed by atoms with E-state index < -0.39 is 0 Å². The van der Waals surface area contributed by atoms with E-state index in [1.165, 1.54) is 0 Å². The van der Waals surface area contributed by atoms with Crippen molar-refractivity contribution < 1.29 is 9.53 Å². The van der Waals surface area contributed by atoms with Crippen molar-refractivity contribution in [3.63, 3.8) is 0 Å². The Labute approximate surface area is 170 Å². The van der Waals surface area contributed by atoms with Gasteiger partial charge in [0.1, 0.15) is 12.4 Å². The number of pyridine rings is 1. The van der Waals surface area contributed by atoms with Gasteiger partial charge in [-0.3, -0.25) is 4.79 Å². The van der Waals surface area contributed by atoms with E-state index in [0.717, 1.165) is 33.5 Å². The number of Topliss-reactive ketones (excluding diaryl/α,β-unsaturated/α-hetero) is 1. The number of hydrogen-bond donors (Lipinski definition) is 0. The molecule has 0 aliphatic heterocycles. The number of allylic oxidation sites excluding steroid dienone is 1. The number of rotatable bonds is 6. The minimum Gasteiger partial charge on any atom is -0.487 e. The third-order valence-corrected chi connectivity index (χ3v) is 4.70. The number of hydrogen-bond acceptors (Lipinski definition) is 3. The van der Waals surface area contributed by atoms with Crippen LogP contribution < -0.4 is 4.74 Å². The summed E-state index contributed by atoms with van der Waals surface area (Å²) in [5.74, 6) is 0.806. The van der Waals surface area contributed by atoms with Crippen molar-refractivity contribution >= 4 is 28.3 Å². The van der Waals surface area contributed by atoms with Gasteiger partial charge in [0.2, 0.25) is 0 Å². The summed E-state index contributed by atoms with van der Waals surface area (Å²) >= 11 is 0. The van der Waals surface area contributed by atoms with Gasteiger partial charge in [0, 0.05) is 11.0 Å². The molecule has 1 aromatic heterocycles. The molecule has 3 heteroatoms. The molecule has 4 aromatic rings. The van der Waals surface area contributed by atoms with Gasteiger partial charge < -0.3 is 4.74 Å². The van der Waals surface area contributed by atoms with Crippen LogP contribution in [0.15, 0.2) is 91.0 Å². The molecule has 0 saturated carbocycles. The largest absolute Gasteiger partial charge is 0.487 e. The van der Waals surface area contributed by atoms with E-state index in [-0.39, 0.29) is 5.78 Å². The molecule has 0 aliphatic rings. The second-order valence-corrected chi connectivity index (χ2v) is 6.83. The molecule has 0 fully saturated rings. The number of carbonyl (C=O) groups is 1. The Bertz CT molecular complexity index is 1160. The van der Waals surface area contributed by atoms with Crippen molar-refractivity contribution in [3.05, 3.63) is 108 Å². The molecule has 0 spiro atoms. The SMILES string of the molecule is CC(=O)C(=Cc1ccc(OCc2ccc3ccccc3n2)cc1)c1ccccc1. The van der Waals surface area contributed by atoms with Gasteiger partial charge in [0.15, 0.2) is 5.78 Å². The highest BCUT2D eigenvalue weighted by Gasteiger charge is 2.07. The molecule has 1 heterocycles. The van der Waals surface area contributed by atoms with E-state index in [9.17, 15) is 4.79 Å². The molecule has 0 bridgehead atoms. The minimum atomic E-state index is 0.0407. The highest BCUT2D eigenvalue weighted by Crippen LogP contribution is 2.21. The fraction of sp³-hybridized carbons (Fsp3) is 0.0769. The van der Waals surface area contributed by atoms with Crippen molar-refractivity contribution in [1.82, 2.24) is 4.98 Å². The smallest absolute Gasteiger partial charge is 0.160 e. The van der Waals surface area contributed by atoms with Crippen molar-refractivity contribution in [2.24, 2.45) is 0 Å². The Morgan fingerprint density at radius 1 is 0.862 bits per heavy atom. The van der Waals surface area contributed by atoms with Gasteiger partial charge in [0.25, 0.3) is 0 Å². The fourth-order valence-electron chi connectivity index (χ4n) is 3.18. The maximum Gasteiger partial charge on any atom is 0.160 e. The van der Waals surface area contributed by atoms with Gasteiger partial charge in [-0.1, -0.05) is 66.7 Å². The van der Waals surface area contributed by atoms with E-state index in [1.807, 2.05) is 91.0 Å². The summed E-state index contributed by atoms with van der Waals surface area (Å²) in [7, 11) is 0. The summed E-state index contributed by atoms with van der Waals surface area (Å²) in [6.45, 7) is 2.00. The standard InChI is InChI=1S/C26H21NO2/c1-19(28)25(21-7-3-2-4-8-21)17-20-11-15-24(16-12-20)29-18-23-14-13-22-9-5-6-10-26(22)27-23/h2-17H,18H2,1H3. The van der Waals surface area contributed by atoms with Crippen LogP contribution in [0.4, 0.5) is 0 Å². The average molecular weight is 379 g/mol. The molecular formula is C26H21NO2. The lowest BCUT2D eigenvalue weighted by molar-refractivity contribution is -0.111. The van der Waals surface area contributed by atoms with E-state index >= 15 is 0 Å². The van der Waals surface area contributed by atoms with Crippen LogP contribution in [0.25, 0.3) is 22.6 Å². The first-order chi connectivity index (χ1) is 14.2. The summed E-state index contributed by atoms with van der Waals surface area (Å²) in [5, 5.41) is 1.12. The third kappa shape index (κ3) is 4.58. The van der Waals surface area contributed by atoms with Crippen LogP contribution >= 0.6 is 0 Å². The van der Waals surface area contributed by atoms with Crippen LogP contribution in [0.5, 0.6) is 5.75 Å². The highest BCUT2D eigenvalue weighted by atomic mass is 16.5. The van der Waals surface area contributed by atoms with Gasteiger partial charge >= 0.3 is 0 Å². The van der Waals surface area contributed by atoms with Crippen LogP contribution in [-0.4, -0.2) is 10.8 Å². The predicted octanol–water partition coefficient (Wildman–Crippen LogP) is 5.94. The number of nitrogens with zero attached hydrogens (tertiary/aromatic N) is 1. The minimum absolute atomic E-state index is 0.0407. The summed E-state index contributed by atoms with van der Waals surface area (Å²) in [5.41, 5.74) is 4.42. The second-order valence-electron chi connectivity index (χ2n) is 6.83. The van der Waals surface area contributed by atoms with E-state index in [0.29, 0.717) is 12.2 Å². The molecule has 0 aliphatic carbocycles. The van der Waals surface area contributed by atoms with E-state index in [2.05, 4.69) is 11.1 Å². The monoisotopic (exact) mass is 379 g/mol. The molecule has 0 N–H and O–H groups in total. The summed E-state index contributed by atoms with van der Waals surface area (Å²) < 4.78 is 5.88. The molecule has 4 rings (SSSR count). The number of benzene rings is 3. The second kappa shape index (κ2) is 8.53. The zero-order valence-corrected chi connectivity index (χ0v) is 16.2. The van der Waals surface area contributed by atoms with Crippen LogP contribution in [0.2, 0.25) is 0 Å². The van der Waals surface area contributed by atoms with Crippen molar-refractivity contribution in [2.75, 3.05) is 0 Å².